The lowest BCUT2D eigenvalue weighted by Crippen LogP contribution is -2.46. The van der Waals surface area contributed by atoms with Crippen molar-refractivity contribution in [3.8, 4) is 0 Å². The van der Waals surface area contributed by atoms with E-state index >= 15 is 0 Å². The van der Waals surface area contributed by atoms with E-state index in [2.05, 4.69) is 5.32 Å². The van der Waals surface area contributed by atoms with Crippen LogP contribution in [0.25, 0.3) is 0 Å². The Morgan fingerprint density at radius 3 is 2.57 bits per heavy atom. The molecule has 0 aromatic heterocycles. The van der Waals surface area contributed by atoms with Gasteiger partial charge in [-0.1, -0.05) is 6.07 Å². The molecule has 0 radical (unpaired) electrons. The molecule has 2 fully saturated rings. The second-order valence-electron chi connectivity index (χ2n) is 7.53. The predicted molar refractivity (Wildman–Crippen MR) is 105 cm³/mol. The Hall–Kier alpha value is -2.50. The SMILES string of the molecule is Cc1ccc(S(=O)(=O)N2CC(O)C[C@H]2C(=O)OC(C)C(=O)N2CCNC2=O)cc1C. The van der Waals surface area contributed by atoms with Crippen LogP contribution >= 0.6 is 0 Å². The van der Waals surface area contributed by atoms with Gasteiger partial charge in [-0.3, -0.25) is 14.5 Å². The molecule has 2 N–H and O–H groups in total. The van der Waals surface area contributed by atoms with Crippen LogP contribution in [0.4, 0.5) is 4.79 Å². The highest BCUT2D eigenvalue weighted by Gasteiger charge is 2.45. The number of carbonyl (C=O) groups is 3. The summed E-state index contributed by atoms with van der Waals surface area (Å²) in [6.07, 6.45) is -2.46. The number of aliphatic hydroxyl groups excluding tert-OH is 1. The standard InChI is InChI=1S/C19H25N3O7S/c1-11-4-5-15(8-12(11)2)30(27,28)22-10-14(23)9-16(22)18(25)29-13(3)17(24)21-7-6-20-19(21)26/h4-5,8,13-14,16,23H,6-7,9-10H2,1-3H3,(H,20,26)/t13?,14?,16-/m0/s1. The van der Waals surface area contributed by atoms with E-state index in [1.165, 1.54) is 19.1 Å². The van der Waals surface area contributed by atoms with Crippen molar-refractivity contribution in [3.63, 3.8) is 0 Å². The summed E-state index contributed by atoms with van der Waals surface area (Å²) < 4.78 is 32.3. The molecule has 11 heteroatoms. The number of imide groups is 1. The van der Waals surface area contributed by atoms with Crippen molar-refractivity contribution in [2.75, 3.05) is 19.6 Å². The number of aliphatic hydroxyl groups is 1. The van der Waals surface area contributed by atoms with E-state index < -0.39 is 46.2 Å². The van der Waals surface area contributed by atoms with Crippen molar-refractivity contribution in [1.82, 2.24) is 14.5 Å². The molecule has 1 aromatic rings. The summed E-state index contributed by atoms with van der Waals surface area (Å²) in [6, 6.07) is 2.79. The molecule has 2 saturated heterocycles. The molecular formula is C19H25N3O7S. The zero-order valence-electron chi connectivity index (χ0n) is 17.0. The number of benzene rings is 1. The first-order valence-corrected chi connectivity index (χ1v) is 11.0. The van der Waals surface area contributed by atoms with Crippen molar-refractivity contribution < 1.29 is 32.6 Å². The summed E-state index contributed by atoms with van der Waals surface area (Å²) in [5, 5.41) is 12.5. The Morgan fingerprint density at radius 1 is 1.27 bits per heavy atom. The maximum atomic E-state index is 13.1. The minimum atomic E-state index is -4.07. The van der Waals surface area contributed by atoms with E-state index in [9.17, 15) is 27.9 Å². The summed E-state index contributed by atoms with van der Waals surface area (Å²) in [6.45, 7) is 5.16. The average molecular weight is 439 g/mol. The lowest BCUT2D eigenvalue weighted by molar-refractivity contribution is -0.160. The van der Waals surface area contributed by atoms with Gasteiger partial charge in [0, 0.05) is 26.1 Å². The molecule has 2 aliphatic rings. The number of nitrogens with zero attached hydrogens (tertiary/aromatic N) is 2. The fourth-order valence-corrected chi connectivity index (χ4v) is 5.19. The number of aryl methyl sites for hydroxylation is 2. The molecule has 1 aromatic carbocycles. The summed E-state index contributed by atoms with van der Waals surface area (Å²) in [5.41, 5.74) is 1.70. The molecule has 30 heavy (non-hydrogen) atoms. The molecule has 3 amide bonds. The van der Waals surface area contributed by atoms with Crippen molar-refractivity contribution in [2.24, 2.45) is 0 Å². The number of amides is 3. The van der Waals surface area contributed by atoms with Gasteiger partial charge in [-0.25, -0.2) is 13.2 Å². The molecule has 2 heterocycles. The number of hydrogen-bond acceptors (Lipinski definition) is 7. The number of esters is 1. The highest BCUT2D eigenvalue weighted by atomic mass is 32.2. The van der Waals surface area contributed by atoms with E-state index in [0.717, 1.165) is 20.3 Å². The van der Waals surface area contributed by atoms with Crippen molar-refractivity contribution >= 4 is 27.9 Å². The van der Waals surface area contributed by atoms with Gasteiger partial charge in [0.25, 0.3) is 5.91 Å². The number of rotatable bonds is 5. The Kier molecular flexibility index (Phi) is 6.16. The Balaban J connectivity index is 1.78. The quantitative estimate of drug-likeness (QED) is 0.613. The van der Waals surface area contributed by atoms with E-state index in [-0.39, 0.29) is 24.4 Å². The number of ether oxygens (including phenoxy) is 1. The van der Waals surface area contributed by atoms with E-state index in [0.29, 0.717) is 6.54 Å². The Bertz CT molecular complexity index is 978. The van der Waals surface area contributed by atoms with Crippen LogP contribution in [0.5, 0.6) is 0 Å². The predicted octanol–water partition coefficient (Wildman–Crippen LogP) is -0.0892. The molecule has 164 valence electrons. The first-order valence-electron chi connectivity index (χ1n) is 9.59. The van der Waals surface area contributed by atoms with Gasteiger partial charge in [0.2, 0.25) is 10.0 Å². The topological polar surface area (TPSA) is 133 Å². The summed E-state index contributed by atoms with van der Waals surface area (Å²) in [5.74, 6) is -1.64. The molecule has 2 aliphatic heterocycles. The van der Waals surface area contributed by atoms with Gasteiger partial charge in [-0.2, -0.15) is 4.31 Å². The van der Waals surface area contributed by atoms with Crippen LogP contribution in [0.2, 0.25) is 0 Å². The molecule has 3 atom stereocenters. The fourth-order valence-electron chi connectivity index (χ4n) is 3.48. The number of carbonyl (C=O) groups excluding carboxylic acids is 3. The van der Waals surface area contributed by atoms with Crippen LogP contribution in [-0.2, 0) is 24.3 Å². The van der Waals surface area contributed by atoms with Crippen LogP contribution in [0.3, 0.4) is 0 Å². The molecule has 2 unspecified atom stereocenters. The number of nitrogens with one attached hydrogen (secondary N) is 1. The average Bonchev–Trinajstić information content (AvgIpc) is 3.29. The summed E-state index contributed by atoms with van der Waals surface area (Å²) in [4.78, 5) is 37.6. The maximum absolute atomic E-state index is 13.1. The summed E-state index contributed by atoms with van der Waals surface area (Å²) >= 11 is 0. The van der Waals surface area contributed by atoms with Crippen LogP contribution in [-0.4, -0.2) is 78.5 Å². The third kappa shape index (κ3) is 4.18. The highest BCUT2D eigenvalue weighted by molar-refractivity contribution is 7.89. The van der Waals surface area contributed by atoms with Crippen LogP contribution in [0, 0.1) is 13.8 Å². The molecule has 0 spiro atoms. The number of β-amino-alcohol motifs (C(OH)–C–C–N with tert-alkyl or cyclic N) is 1. The normalized spacial score (nSPS) is 23.3. The number of sulfonamides is 1. The van der Waals surface area contributed by atoms with E-state index in [4.69, 9.17) is 4.74 Å². The molecule has 0 aliphatic carbocycles. The van der Waals surface area contributed by atoms with Gasteiger partial charge in [-0.05, 0) is 44.0 Å². The van der Waals surface area contributed by atoms with Gasteiger partial charge in [-0.15, -0.1) is 0 Å². The zero-order valence-corrected chi connectivity index (χ0v) is 17.8. The minimum Gasteiger partial charge on any atom is -0.451 e. The molecule has 0 saturated carbocycles. The van der Waals surface area contributed by atoms with Crippen LogP contribution in [0.15, 0.2) is 23.1 Å². The van der Waals surface area contributed by atoms with E-state index in [1.54, 1.807) is 13.0 Å². The third-order valence-electron chi connectivity index (χ3n) is 5.35. The molecule has 0 bridgehead atoms. The van der Waals surface area contributed by atoms with Crippen molar-refractivity contribution in [1.29, 1.82) is 0 Å². The number of hydrogen-bond donors (Lipinski definition) is 2. The molecular weight excluding hydrogens is 414 g/mol. The van der Waals surface area contributed by atoms with Crippen molar-refractivity contribution in [2.45, 2.75) is 50.3 Å². The minimum absolute atomic E-state index is 0.00960. The first-order chi connectivity index (χ1) is 14.0. The van der Waals surface area contributed by atoms with Gasteiger partial charge in [0.1, 0.15) is 6.04 Å². The Morgan fingerprint density at radius 2 is 1.97 bits per heavy atom. The van der Waals surface area contributed by atoms with Gasteiger partial charge >= 0.3 is 12.0 Å². The maximum Gasteiger partial charge on any atom is 0.325 e. The van der Waals surface area contributed by atoms with Crippen molar-refractivity contribution in [3.05, 3.63) is 29.3 Å². The smallest absolute Gasteiger partial charge is 0.325 e. The second kappa shape index (κ2) is 8.32. The van der Waals surface area contributed by atoms with Gasteiger partial charge < -0.3 is 15.2 Å². The van der Waals surface area contributed by atoms with Gasteiger partial charge in [0.15, 0.2) is 6.10 Å². The Labute approximate surface area is 174 Å². The van der Waals surface area contributed by atoms with Crippen LogP contribution in [0.1, 0.15) is 24.5 Å². The second-order valence-corrected chi connectivity index (χ2v) is 9.42. The number of urea groups is 1. The zero-order chi connectivity index (χ0) is 22.2. The van der Waals surface area contributed by atoms with E-state index in [1.807, 2.05) is 6.92 Å². The molecule has 10 nitrogen and oxygen atoms in total. The largest absolute Gasteiger partial charge is 0.451 e. The van der Waals surface area contributed by atoms with Crippen LogP contribution < -0.4 is 5.32 Å². The molecule has 3 rings (SSSR count). The van der Waals surface area contributed by atoms with Gasteiger partial charge in [0.05, 0.1) is 11.0 Å². The summed E-state index contributed by atoms with van der Waals surface area (Å²) in [7, 11) is -4.07. The lowest BCUT2D eigenvalue weighted by atomic mass is 10.1. The fraction of sp³-hybridized carbons (Fsp3) is 0.526. The lowest BCUT2D eigenvalue weighted by Gasteiger charge is -2.25. The highest BCUT2D eigenvalue weighted by Crippen LogP contribution is 2.28. The monoisotopic (exact) mass is 439 g/mol. The first kappa shape index (κ1) is 22.2. The third-order valence-corrected chi connectivity index (χ3v) is 7.22.